The van der Waals surface area contributed by atoms with Crippen LogP contribution in [0, 0.1) is 0 Å². The first-order valence-electron chi connectivity index (χ1n) is 6.27. The Labute approximate surface area is 135 Å². The number of carbonyl (C=O) groups is 2. The van der Waals surface area contributed by atoms with E-state index in [9.17, 15) is 9.59 Å². The molecule has 108 valence electrons. The van der Waals surface area contributed by atoms with E-state index in [0.717, 1.165) is 27.9 Å². The second-order valence-corrected chi connectivity index (χ2v) is 6.60. The number of rotatable bonds is 7. The van der Waals surface area contributed by atoms with Crippen molar-refractivity contribution in [2.24, 2.45) is 4.99 Å². The number of aliphatic imine (C=N–C) groups is 1. The molecule has 0 aromatic heterocycles. The van der Waals surface area contributed by atoms with Gasteiger partial charge in [-0.2, -0.15) is 0 Å². The summed E-state index contributed by atoms with van der Waals surface area (Å²) in [5.74, 6) is -1.92. The molecule has 1 aliphatic rings. The van der Waals surface area contributed by atoms with E-state index >= 15 is 0 Å². The van der Waals surface area contributed by atoms with Crippen LogP contribution >= 0.6 is 0 Å². The van der Waals surface area contributed by atoms with Gasteiger partial charge in [-0.15, -0.1) is 0 Å². The summed E-state index contributed by atoms with van der Waals surface area (Å²) in [7, 11) is 0. The number of quaternary nitrogens is 1. The van der Waals surface area contributed by atoms with Crippen molar-refractivity contribution < 1.29 is 29.0 Å². The van der Waals surface area contributed by atoms with Gasteiger partial charge in [0.2, 0.25) is 0 Å². The minimum Gasteiger partial charge on any atom is -0.480 e. The molecule has 1 atom stereocenters. The van der Waals surface area contributed by atoms with Crippen molar-refractivity contribution in [2.75, 3.05) is 39.4 Å². The number of hydrogen-bond donors (Lipinski definition) is 2. The first kappa shape index (κ1) is 19.3. The standard InChI is InChI=1S/C9H14N2O5.C3H5.Na/c12-8(13)5-11(2-1-10-7-11)3-4-16-6-9(14)15;1-3-2;/h7H,1-6H2,(H-,12,13,14,15);1H2,2H3;/p+1. The summed E-state index contributed by atoms with van der Waals surface area (Å²) in [5.41, 5.74) is 0. The number of allylic oxidation sites excluding steroid dienone is 1. The van der Waals surface area contributed by atoms with Crippen LogP contribution in [0.5, 0.6) is 0 Å². The molecule has 0 aromatic carbocycles. The molecule has 0 saturated carbocycles. The van der Waals surface area contributed by atoms with Crippen molar-refractivity contribution in [1.82, 2.24) is 0 Å². The largest absolute Gasteiger partial charge is 0.480 e. The van der Waals surface area contributed by atoms with Gasteiger partial charge in [-0.1, -0.05) is 0 Å². The van der Waals surface area contributed by atoms with E-state index in [2.05, 4.69) is 11.6 Å². The molecular formula is C12H20N2NaO5+. The van der Waals surface area contributed by atoms with E-state index in [1.807, 2.05) is 6.92 Å². The predicted molar refractivity (Wildman–Crippen MR) is 74.9 cm³/mol. The molecular weight excluding hydrogens is 275 g/mol. The number of hydrogen-bond acceptors (Lipinski definition) is 4. The maximum atomic E-state index is 10.7. The van der Waals surface area contributed by atoms with Crippen molar-refractivity contribution in [3.05, 3.63) is 9.40 Å². The van der Waals surface area contributed by atoms with E-state index in [1.54, 1.807) is 6.34 Å². The Morgan fingerprint density at radius 3 is 2.45 bits per heavy atom. The Kier molecular flexibility index (Phi) is 9.70. The molecule has 0 radical (unpaired) electrons. The zero-order chi connectivity index (χ0) is 15.6. The minimum atomic E-state index is -1.03. The average Bonchev–Trinajstić information content (AvgIpc) is 2.71. The van der Waals surface area contributed by atoms with E-state index < -0.39 is 11.9 Å². The van der Waals surface area contributed by atoms with Gasteiger partial charge < -0.3 is 14.9 Å². The first-order valence-corrected chi connectivity index (χ1v) is 7.27. The van der Waals surface area contributed by atoms with E-state index in [-0.39, 0.29) is 24.2 Å². The summed E-state index contributed by atoms with van der Waals surface area (Å²) in [4.78, 5) is 24.9. The zero-order valence-electron chi connectivity index (χ0n) is 12.0. The molecule has 1 heterocycles. The topological polar surface area (TPSA) is 96.2 Å². The molecule has 0 amide bonds. The van der Waals surface area contributed by atoms with Crippen molar-refractivity contribution in [3.8, 4) is 0 Å². The molecule has 0 bridgehead atoms. The van der Waals surface area contributed by atoms with Crippen LogP contribution in [-0.4, -0.2) is 100 Å². The zero-order valence-corrected chi connectivity index (χ0v) is 14.0. The SMILES string of the molecule is C=[C](C)[Na].O=C(O)COCC[N+]1(CC(=O)O)C=NCC1. The molecule has 0 spiro atoms. The fourth-order valence-corrected chi connectivity index (χ4v) is 1.59. The van der Waals surface area contributed by atoms with Gasteiger partial charge in [0, 0.05) is 0 Å². The fraction of sp³-hybridized carbons (Fsp3) is 0.583. The number of aliphatic carboxylic acids is 2. The van der Waals surface area contributed by atoms with Gasteiger partial charge in [0.15, 0.2) is 12.9 Å². The Bertz CT molecular complexity index is 382. The maximum Gasteiger partial charge on any atom is 0.359 e. The molecule has 20 heavy (non-hydrogen) atoms. The van der Waals surface area contributed by atoms with Crippen LogP contribution < -0.4 is 0 Å². The monoisotopic (exact) mass is 295 g/mol. The molecule has 1 aliphatic heterocycles. The van der Waals surface area contributed by atoms with Gasteiger partial charge in [-0.3, -0.25) is 4.48 Å². The van der Waals surface area contributed by atoms with E-state index in [1.165, 1.54) is 2.82 Å². The summed E-state index contributed by atoms with van der Waals surface area (Å²) in [5, 5.41) is 17.1. The number of carboxylic acid groups (broad SMARTS) is 2. The van der Waals surface area contributed by atoms with Crippen molar-refractivity contribution in [1.29, 1.82) is 0 Å². The third kappa shape index (κ3) is 10.1. The Morgan fingerprint density at radius 2 is 2.05 bits per heavy atom. The predicted octanol–water partition coefficient (Wildman–Crippen LogP) is -0.281. The summed E-state index contributed by atoms with van der Waals surface area (Å²) < 4.78 is 6.43. The van der Waals surface area contributed by atoms with Crippen LogP contribution in [0.15, 0.2) is 14.4 Å². The molecule has 2 N–H and O–H groups in total. The molecule has 8 heteroatoms. The maximum absolute atomic E-state index is 10.7. The average molecular weight is 295 g/mol. The van der Waals surface area contributed by atoms with Crippen LogP contribution in [-0.2, 0) is 14.3 Å². The van der Waals surface area contributed by atoms with Gasteiger partial charge in [-0.25, -0.2) is 14.6 Å². The van der Waals surface area contributed by atoms with Crippen molar-refractivity contribution in [3.63, 3.8) is 0 Å². The van der Waals surface area contributed by atoms with Crippen LogP contribution in [0.3, 0.4) is 0 Å². The molecule has 0 aliphatic carbocycles. The van der Waals surface area contributed by atoms with Crippen LogP contribution in [0.4, 0.5) is 0 Å². The summed E-state index contributed by atoms with van der Waals surface area (Å²) >= 11 is 1.15. The first-order chi connectivity index (χ1) is 9.27. The van der Waals surface area contributed by atoms with Crippen molar-refractivity contribution in [2.45, 2.75) is 6.92 Å². The molecule has 0 fully saturated rings. The van der Waals surface area contributed by atoms with Crippen LogP contribution in [0.1, 0.15) is 6.92 Å². The Morgan fingerprint density at radius 1 is 1.45 bits per heavy atom. The van der Waals surface area contributed by atoms with Crippen LogP contribution in [0.25, 0.3) is 0 Å². The Balaban J connectivity index is 0.000000796. The summed E-state index contributed by atoms with van der Waals surface area (Å²) in [6.45, 7) is 7.13. The molecule has 1 unspecified atom stereocenters. The molecule has 1 rings (SSSR count). The number of carboxylic acids is 2. The molecule has 0 saturated heterocycles. The van der Waals surface area contributed by atoms with Gasteiger partial charge >= 0.3 is 56.2 Å². The molecule has 7 nitrogen and oxygen atoms in total. The summed E-state index contributed by atoms with van der Waals surface area (Å²) in [6, 6.07) is 0. The third-order valence-corrected chi connectivity index (χ3v) is 2.36. The van der Waals surface area contributed by atoms with Crippen molar-refractivity contribution >= 4 is 46.2 Å². The second-order valence-electron chi connectivity index (χ2n) is 4.89. The van der Waals surface area contributed by atoms with Gasteiger partial charge in [0.1, 0.15) is 19.7 Å². The summed E-state index contributed by atoms with van der Waals surface area (Å²) in [6.07, 6.45) is 1.61. The molecule has 0 aromatic rings. The number of nitrogens with zero attached hydrogens (tertiary/aromatic N) is 2. The van der Waals surface area contributed by atoms with Gasteiger partial charge in [-0.05, 0) is 0 Å². The van der Waals surface area contributed by atoms with Gasteiger partial charge in [0.25, 0.3) is 0 Å². The normalized spacial score (nSPS) is 20.1. The fourth-order valence-electron chi connectivity index (χ4n) is 1.59. The minimum absolute atomic E-state index is 0.0417. The smallest absolute Gasteiger partial charge is 0.359 e. The number of ether oxygens (including phenoxy) is 1. The van der Waals surface area contributed by atoms with E-state index in [0.29, 0.717) is 19.6 Å². The van der Waals surface area contributed by atoms with E-state index in [4.69, 9.17) is 14.9 Å². The Hall–Kier alpha value is -0.730. The van der Waals surface area contributed by atoms with Gasteiger partial charge in [0.05, 0.1) is 13.2 Å². The third-order valence-electron chi connectivity index (χ3n) is 2.36. The quantitative estimate of drug-likeness (QED) is 0.382. The van der Waals surface area contributed by atoms with Crippen LogP contribution in [0.2, 0.25) is 0 Å². The second kappa shape index (κ2) is 10.1.